The lowest BCUT2D eigenvalue weighted by molar-refractivity contribution is -0.152. The van der Waals surface area contributed by atoms with Crippen LogP contribution >= 0.6 is 0 Å². The molecule has 0 aromatic carbocycles. The van der Waals surface area contributed by atoms with Gasteiger partial charge in [0.25, 0.3) is 5.92 Å². The molecule has 0 spiro atoms. The monoisotopic (exact) mass is 456 g/mol. The number of hydrogen-bond acceptors (Lipinski definition) is 7. The normalized spacial score (nSPS) is 27.6. The Labute approximate surface area is 192 Å². The minimum atomic E-state index is -2.54. The summed E-state index contributed by atoms with van der Waals surface area (Å²) in [6, 6.07) is 8.27. The van der Waals surface area contributed by atoms with Crippen LogP contribution in [0.1, 0.15) is 30.7 Å². The minimum absolute atomic E-state index is 0.00445. The van der Waals surface area contributed by atoms with Crippen LogP contribution in [0.15, 0.2) is 30.5 Å². The Balaban J connectivity index is 1.25. The van der Waals surface area contributed by atoms with Crippen LogP contribution in [-0.2, 0) is 4.74 Å². The Morgan fingerprint density at radius 1 is 1.09 bits per heavy atom. The third-order valence-electron chi connectivity index (χ3n) is 7.85. The zero-order valence-corrected chi connectivity index (χ0v) is 18.6. The van der Waals surface area contributed by atoms with Crippen LogP contribution in [0, 0.1) is 11.8 Å². The van der Waals surface area contributed by atoms with Gasteiger partial charge in [-0.15, -0.1) is 0 Å². The summed E-state index contributed by atoms with van der Waals surface area (Å²) in [7, 11) is 0. The first-order chi connectivity index (χ1) is 15.9. The molecule has 3 saturated heterocycles. The Morgan fingerprint density at radius 3 is 2.58 bits per heavy atom. The molecular weight excluding hydrogens is 426 g/mol. The van der Waals surface area contributed by atoms with Gasteiger partial charge in [0.1, 0.15) is 17.5 Å². The fourth-order valence-corrected chi connectivity index (χ4v) is 5.76. The second-order valence-electron chi connectivity index (χ2n) is 9.98. The van der Waals surface area contributed by atoms with E-state index >= 15 is 0 Å². The average molecular weight is 457 g/mol. The van der Waals surface area contributed by atoms with Crippen LogP contribution in [0.5, 0.6) is 0 Å². The van der Waals surface area contributed by atoms with Crippen molar-refractivity contribution < 1.29 is 13.5 Å². The number of fused-ring (bicyclic) bond motifs is 1. The van der Waals surface area contributed by atoms with Gasteiger partial charge in [0, 0.05) is 43.4 Å². The molecule has 2 aromatic rings. The Kier molecular flexibility index (Phi) is 5.14. The van der Waals surface area contributed by atoms with Crippen molar-refractivity contribution in [1.29, 1.82) is 0 Å². The predicted octanol–water partition coefficient (Wildman–Crippen LogP) is 3.47. The molecule has 4 aliphatic rings. The highest BCUT2D eigenvalue weighted by Gasteiger charge is 2.59. The molecule has 6 rings (SSSR count). The average Bonchev–Trinajstić information content (AvgIpc) is 3.12. The molecule has 2 atom stereocenters. The molecule has 0 radical (unpaired) electrons. The van der Waals surface area contributed by atoms with E-state index in [0.717, 1.165) is 45.0 Å². The highest BCUT2D eigenvalue weighted by atomic mass is 19.3. The predicted molar refractivity (Wildman–Crippen MR) is 123 cm³/mol. The molecule has 1 aliphatic carbocycles. The number of rotatable bonds is 5. The Hall–Kier alpha value is -2.52. The van der Waals surface area contributed by atoms with Gasteiger partial charge in [-0.3, -0.25) is 4.90 Å². The number of ether oxygens (including phenoxy) is 1. The number of likely N-dealkylation sites (tertiary alicyclic amines) is 1. The number of hydrogen-bond donors (Lipinski definition) is 2. The summed E-state index contributed by atoms with van der Waals surface area (Å²) in [5, 5.41) is 3.28. The number of piperidine rings is 1. The quantitative estimate of drug-likeness (QED) is 0.713. The van der Waals surface area contributed by atoms with Crippen molar-refractivity contribution in [3.05, 3.63) is 36.0 Å². The highest BCUT2D eigenvalue weighted by molar-refractivity contribution is 5.60. The van der Waals surface area contributed by atoms with Crippen molar-refractivity contribution >= 4 is 23.1 Å². The molecule has 3 N–H and O–H groups in total. The molecule has 33 heavy (non-hydrogen) atoms. The number of pyridine rings is 2. The molecule has 2 aromatic heterocycles. The number of alkyl halides is 2. The molecule has 1 saturated carbocycles. The minimum Gasteiger partial charge on any atom is -0.399 e. The smallest absolute Gasteiger partial charge is 0.253 e. The number of nitrogens with two attached hydrogens (primary N) is 1. The van der Waals surface area contributed by atoms with Gasteiger partial charge in [-0.05, 0) is 61.5 Å². The van der Waals surface area contributed by atoms with Crippen molar-refractivity contribution in [2.45, 2.75) is 37.1 Å². The van der Waals surface area contributed by atoms with E-state index in [1.165, 1.54) is 5.56 Å². The van der Waals surface area contributed by atoms with Gasteiger partial charge in [-0.25, -0.2) is 18.7 Å². The molecule has 0 bridgehead atoms. The first kappa shape index (κ1) is 21.0. The first-order valence-corrected chi connectivity index (χ1v) is 11.9. The summed E-state index contributed by atoms with van der Waals surface area (Å²) in [5.41, 5.74) is 7.74. The van der Waals surface area contributed by atoms with Gasteiger partial charge in [0.15, 0.2) is 0 Å². The van der Waals surface area contributed by atoms with Gasteiger partial charge in [-0.2, -0.15) is 0 Å². The maximum atomic E-state index is 14.0. The molecule has 4 fully saturated rings. The van der Waals surface area contributed by atoms with Crippen LogP contribution in [-0.4, -0.2) is 66.2 Å². The first-order valence-electron chi connectivity index (χ1n) is 11.9. The Bertz CT molecular complexity index is 1020. The third-order valence-corrected chi connectivity index (χ3v) is 7.85. The van der Waals surface area contributed by atoms with Crippen molar-refractivity contribution in [2.24, 2.45) is 11.8 Å². The van der Waals surface area contributed by atoms with E-state index in [2.05, 4.69) is 27.3 Å². The van der Waals surface area contributed by atoms with E-state index in [0.29, 0.717) is 42.4 Å². The number of anilines is 4. The molecule has 2 unspecified atom stereocenters. The van der Waals surface area contributed by atoms with Crippen molar-refractivity contribution in [1.82, 2.24) is 14.9 Å². The van der Waals surface area contributed by atoms with E-state index in [1.54, 1.807) is 18.3 Å². The summed E-state index contributed by atoms with van der Waals surface area (Å²) in [6.07, 6.45) is 3.79. The molecule has 7 nitrogen and oxygen atoms in total. The van der Waals surface area contributed by atoms with Crippen molar-refractivity contribution in [3.63, 3.8) is 0 Å². The van der Waals surface area contributed by atoms with Gasteiger partial charge in [0.05, 0.1) is 19.3 Å². The maximum absolute atomic E-state index is 14.0. The molecule has 0 amide bonds. The van der Waals surface area contributed by atoms with E-state index in [4.69, 9.17) is 15.5 Å². The maximum Gasteiger partial charge on any atom is 0.253 e. The van der Waals surface area contributed by atoms with Crippen LogP contribution < -0.4 is 16.0 Å². The fourth-order valence-electron chi connectivity index (χ4n) is 5.76. The van der Waals surface area contributed by atoms with Crippen LogP contribution in [0.25, 0.3) is 0 Å². The number of nitrogens with zero attached hydrogens (tertiary/aromatic N) is 4. The van der Waals surface area contributed by atoms with E-state index in [1.807, 2.05) is 4.90 Å². The summed E-state index contributed by atoms with van der Waals surface area (Å²) in [6.45, 7) is 4.80. The van der Waals surface area contributed by atoms with Gasteiger partial charge in [-0.1, -0.05) is 0 Å². The summed E-state index contributed by atoms with van der Waals surface area (Å²) >= 11 is 0. The van der Waals surface area contributed by atoms with Crippen LogP contribution in [0.4, 0.5) is 31.9 Å². The van der Waals surface area contributed by atoms with Crippen LogP contribution in [0.3, 0.4) is 0 Å². The molecule has 3 aliphatic heterocycles. The second kappa shape index (κ2) is 8.06. The highest BCUT2D eigenvalue weighted by Crippen LogP contribution is 2.52. The van der Waals surface area contributed by atoms with E-state index in [9.17, 15) is 8.78 Å². The van der Waals surface area contributed by atoms with E-state index < -0.39 is 11.8 Å². The summed E-state index contributed by atoms with van der Waals surface area (Å²) in [5.74, 6) is -0.534. The molecule has 9 heteroatoms. The van der Waals surface area contributed by atoms with Gasteiger partial charge in [0.2, 0.25) is 0 Å². The molecule has 176 valence electrons. The van der Waals surface area contributed by atoms with Crippen LogP contribution in [0.2, 0.25) is 0 Å². The Morgan fingerprint density at radius 2 is 1.91 bits per heavy atom. The zero-order valence-electron chi connectivity index (χ0n) is 18.6. The van der Waals surface area contributed by atoms with Gasteiger partial charge < -0.3 is 20.7 Å². The van der Waals surface area contributed by atoms with Gasteiger partial charge >= 0.3 is 0 Å². The topological polar surface area (TPSA) is 79.5 Å². The summed E-state index contributed by atoms with van der Waals surface area (Å²) < 4.78 is 33.4. The second-order valence-corrected chi connectivity index (χ2v) is 9.98. The largest absolute Gasteiger partial charge is 0.399 e. The lowest BCUT2D eigenvalue weighted by Crippen LogP contribution is -2.51. The third kappa shape index (κ3) is 4.01. The number of nitrogen functional groups attached to an aromatic ring is 1. The number of halogens is 2. The molecule has 5 heterocycles. The number of nitrogens with one attached hydrogen (secondary N) is 1. The zero-order chi connectivity index (χ0) is 22.6. The fraction of sp³-hybridized carbons (Fsp3) is 0.583. The number of aromatic nitrogens is 2. The molecular formula is C24H30F2N6O. The van der Waals surface area contributed by atoms with E-state index in [-0.39, 0.29) is 12.3 Å². The standard InChI is InChI=1S/C24H30F2N6O/c25-24(26)10-17-11-32(12-20(17)24)23-8-16(15-2-5-31(6-3-15)19-13-33-14-19)7-22(30-23)29-21-9-18(27)1-4-28-21/h1,4,7-9,15,17,19-20H,2-3,5-6,10-14H2,(H3,27,28,29,30). The SMILES string of the molecule is Nc1ccnc(Nc2cc(C3CCN(C4COC4)CC3)cc(N3CC4CC(F)(F)C4C3)n2)c1. The lowest BCUT2D eigenvalue weighted by Gasteiger charge is -2.41. The van der Waals surface area contributed by atoms with Crippen molar-refractivity contribution in [3.8, 4) is 0 Å². The summed E-state index contributed by atoms with van der Waals surface area (Å²) in [4.78, 5) is 13.7. The van der Waals surface area contributed by atoms with Crippen molar-refractivity contribution in [2.75, 3.05) is 55.3 Å². The lowest BCUT2D eigenvalue weighted by atomic mass is 9.72.